The number of aryl methyl sites for hydroxylation is 5. The molecule has 0 N–H and O–H groups in total. The molecule has 2 aliphatic carbocycles. The van der Waals surface area contributed by atoms with Crippen LogP contribution < -0.4 is 0 Å². The SMILES string of the molecule is O=C(Cl)CCCl.O=C(Cl)CCc1ccc2c(c1)CCC2.c1ccc2c(c1)CCC2. The van der Waals surface area contributed by atoms with E-state index in [4.69, 9.17) is 34.8 Å². The minimum atomic E-state index is -0.370. The second kappa shape index (κ2) is 13.1. The maximum absolute atomic E-state index is 10.6. The van der Waals surface area contributed by atoms with Crippen LogP contribution in [0.25, 0.3) is 0 Å². The summed E-state index contributed by atoms with van der Waals surface area (Å²) in [5, 5.41) is -0.615. The first kappa shape index (κ1) is 23.9. The van der Waals surface area contributed by atoms with Gasteiger partial charge < -0.3 is 0 Å². The van der Waals surface area contributed by atoms with Crippen LogP contribution in [0.15, 0.2) is 42.5 Å². The molecule has 2 aromatic rings. The lowest BCUT2D eigenvalue weighted by Gasteiger charge is -2.03. The van der Waals surface area contributed by atoms with Crippen LogP contribution >= 0.6 is 34.8 Å². The number of carbonyl (C=O) groups excluding carboxylic acids is 2. The van der Waals surface area contributed by atoms with Crippen LogP contribution in [0.1, 0.15) is 53.5 Å². The van der Waals surface area contributed by atoms with Crippen molar-refractivity contribution in [2.45, 2.75) is 57.8 Å². The predicted octanol–water partition coefficient (Wildman–Crippen LogP) is 6.43. The molecule has 0 aromatic heterocycles. The third-order valence-corrected chi connectivity index (χ3v) is 5.64. The van der Waals surface area contributed by atoms with Crippen molar-refractivity contribution in [1.82, 2.24) is 0 Å². The van der Waals surface area contributed by atoms with Crippen LogP contribution in [0, 0.1) is 0 Å². The minimum Gasteiger partial charge on any atom is -0.281 e. The van der Waals surface area contributed by atoms with E-state index in [2.05, 4.69) is 42.5 Å². The Balaban J connectivity index is 0.000000172. The Morgan fingerprint density at radius 1 is 0.724 bits per heavy atom. The Morgan fingerprint density at radius 3 is 1.72 bits per heavy atom. The summed E-state index contributed by atoms with van der Waals surface area (Å²) in [6, 6.07) is 15.3. The molecular weight excluding hydrogens is 427 g/mol. The number of alkyl halides is 1. The normalized spacial score (nSPS) is 13.3. The third kappa shape index (κ3) is 8.90. The highest BCUT2D eigenvalue weighted by Gasteiger charge is 2.11. The van der Waals surface area contributed by atoms with Gasteiger partial charge in [0.05, 0.1) is 0 Å². The standard InChI is InChI=1S/C12H13ClO.C9H10.C3H4Cl2O/c13-12(14)7-5-9-4-6-10-2-1-3-11(10)8-9;1-2-5-9-7-3-6-8(9)4-1;4-2-1-3(5)6/h4,6,8H,1-3,5,7H2;1-2,4-5H,3,6-7H2;1-2H2. The number of benzene rings is 2. The lowest BCUT2D eigenvalue weighted by atomic mass is 10.0. The molecule has 0 amide bonds. The molecule has 0 aliphatic heterocycles. The summed E-state index contributed by atoms with van der Waals surface area (Å²) in [5.74, 6) is 0.322. The first-order chi connectivity index (χ1) is 14.0. The molecule has 0 heterocycles. The Labute approximate surface area is 188 Å². The summed E-state index contributed by atoms with van der Waals surface area (Å²) >= 11 is 15.3. The van der Waals surface area contributed by atoms with Gasteiger partial charge in [0.25, 0.3) is 0 Å². The van der Waals surface area contributed by atoms with Gasteiger partial charge in [0.1, 0.15) is 0 Å². The molecule has 0 saturated heterocycles. The van der Waals surface area contributed by atoms with E-state index < -0.39 is 0 Å². The fourth-order valence-electron chi connectivity index (χ4n) is 3.61. The number of fused-ring (bicyclic) bond motifs is 2. The van der Waals surface area contributed by atoms with E-state index in [1.165, 1.54) is 55.2 Å². The van der Waals surface area contributed by atoms with E-state index in [1.807, 2.05) is 0 Å². The predicted molar refractivity (Wildman–Crippen MR) is 122 cm³/mol. The maximum atomic E-state index is 10.6. The van der Waals surface area contributed by atoms with Gasteiger partial charge in [0.15, 0.2) is 0 Å². The van der Waals surface area contributed by atoms with Crippen LogP contribution in [0.3, 0.4) is 0 Å². The molecule has 0 bridgehead atoms. The third-order valence-electron chi connectivity index (χ3n) is 5.07. The highest BCUT2D eigenvalue weighted by atomic mass is 35.5. The molecule has 4 rings (SSSR count). The van der Waals surface area contributed by atoms with Crippen LogP contribution in [-0.2, 0) is 41.7 Å². The number of hydrogen-bond acceptors (Lipinski definition) is 2. The molecular formula is C24H27Cl3O2. The second-order valence-electron chi connectivity index (χ2n) is 7.23. The smallest absolute Gasteiger partial charge is 0.222 e. The van der Waals surface area contributed by atoms with Crippen molar-refractivity contribution in [2.24, 2.45) is 0 Å². The minimum absolute atomic E-state index is 0.245. The van der Waals surface area contributed by atoms with Crippen molar-refractivity contribution < 1.29 is 9.59 Å². The first-order valence-electron chi connectivity index (χ1n) is 10.1. The lowest BCUT2D eigenvalue weighted by Crippen LogP contribution is -1.93. The monoisotopic (exact) mass is 452 g/mol. The van der Waals surface area contributed by atoms with Gasteiger partial charge in [-0.15, -0.1) is 11.6 Å². The Morgan fingerprint density at radius 2 is 1.24 bits per heavy atom. The van der Waals surface area contributed by atoms with Crippen molar-refractivity contribution in [3.8, 4) is 0 Å². The van der Waals surface area contributed by atoms with Gasteiger partial charge in [-0.2, -0.15) is 0 Å². The number of carbonyl (C=O) groups is 2. The molecule has 0 atom stereocenters. The fraction of sp³-hybridized carbons (Fsp3) is 0.417. The highest BCUT2D eigenvalue weighted by Crippen LogP contribution is 2.23. The summed E-state index contributed by atoms with van der Waals surface area (Å²) in [6.07, 6.45) is 9.13. The van der Waals surface area contributed by atoms with E-state index >= 15 is 0 Å². The Hall–Kier alpha value is -1.35. The van der Waals surface area contributed by atoms with E-state index in [0.29, 0.717) is 12.3 Å². The molecule has 0 spiro atoms. The van der Waals surface area contributed by atoms with Gasteiger partial charge in [-0.3, -0.25) is 9.59 Å². The Kier molecular flexibility index (Phi) is 10.8. The topological polar surface area (TPSA) is 34.1 Å². The Bertz CT molecular complexity index is 795. The molecule has 2 aliphatic rings. The van der Waals surface area contributed by atoms with E-state index in [0.717, 1.165) is 6.42 Å². The van der Waals surface area contributed by atoms with Crippen LogP contribution in [0.4, 0.5) is 0 Å². The van der Waals surface area contributed by atoms with Crippen molar-refractivity contribution in [3.63, 3.8) is 0 Å². The van der Waals surface area contributed by atoms with E-state index in [1.54, 1.807) is 11.1 Å². The molecule has 0 unspecified atom stereocenters. The zero-order chi connectivity index (χ0) is 21.1. The van der Waals surface area contributed by atoms with Gasteiger partial charge in [-0.25, -0.2) is 0 Å². The second-order valence-corrected chi connectivity index (χ2v) is 8.45. The molecule has 0 saturated carbocycles. The summed E-state index contributed by atoms with van der Waals surface area (Å²) in [6.45, 7) is 0. The molecule has 0 fully saturated rings. The molecule has 2 nitrogen and oxygen atoms in total. The largest absolute Gasteiger partial charge is 0.281 e. The number of rotatable bonds is 5. The average Bonchev–Trinajstić information content (AvgIpc) is 3.36. The fourth-order valence-corrected chi connectivity index (χ4v) is 4.07. The first-order valence-corrected chi connectivity index (χ1v) is 11.4. The summed E-state index contributed by atoms with van der Waals surface area (Å²) in [5.41, 5.74) is 7.31. The number of hydrogen-bond donors (Lipinski definition) is 0. The van der Waals surface area contributed by atoms with Gasteiger partial charge in [-0.05, 0) is 96.0 Å². The summed E-state index contributed by atoms with van der Waals surface area (Å²) in [7, 11) is 0. The average molecular weight is 454 g/mol. The van der Waals surface area contributed by atoms with Crippen molar-refractivity contribution in [3.05, 3.63) is 70.3 Å². The zero-order valence-electron chi connectivity index (χ0n) is 16.6. The van der Waals surface area contributed by atoms with E-state index in [-0.39, 0.29) is 16.9 Å². The van der Waals surface area contributed by atoms with Gasteiger partial charge in [0, 0.05) is 18.7 Å². The summed E-state index contributed by atoms with van der Waals surface area (Å²) in [4.78, 5) is 20.3. The van der Waals surface area contributed by atoms with Gasteiger partial charge >= 0.3 is 0 Å². The highest BCUT2D eigenvalue weighted by molar-refractivity contribution is 6.64. The van der Waals surface area contributed by atoms with Gasteiger partial charge in [0.2, 0.25) is 10.5 Å². The van der Waals surface area contributed by atoms with Crippen LogP contribution in [0.5, 0.6) is 0 Å². The number of halogens is 3. The quantitative estimate of drug-likeness (QED) is 0.386. The maximum Gasteiger partial charge on any atom is 0.222 e. The van der Waals surface area contributed by atoms with Crippen LogP contribution in [-0.4, -0.2) is 16.4 Å². The van der Waals surface area contributed by atoms with E-state index in [9.17, 15) is 9.59 Å². The van der Waals surface area contributed by atoms with Gasteiger partial charge in [-0.1, -0.05) is 42.5 Å². The summed E-state index contributed by atoms with van der Waals surface area (Å²) < 4.78 is 0. The van der Waals surface area contributed by atoms with Crippen molar-refractivity contribution >= 4 is 45.3 Å². The van der Waals surface area contributed by atoms with Crippen molar-refractivity contribution in [1.29, 1.82) is 0 Å². The molecule has 29 heavy (non-hydrogen) atoms. The molecule has 5 heteroatoms. The van der Waals surface area contributed by atoms with Crippen LogP contribution in [0.2, 0.25) is 0 Å². The zero-order valence-corrected chi connectivity index (χ0v) is 18.8. The van der Waals surface area contributed by atoms with Crippen molar-refractivity contribution in [2.75, 3.05) is 5.88 Å². The lowest BCUT2D eigenvalue weighted by molar-refractivity contribution is -0.112. The molecule has 2 aromatic carbocycles. The molecule has 156 valence electrons. The molecule has 0 radical (unpaired) electrons.